The minimum absolute atomic E-state index is 0.0915. The molecule has 0 aliphatic rings. The zero-order valence-corrected chi connectivity index (χ0v) is 9.13. The Kier molecular flexibility index (Phi) is 3.19. The van der Waals surface area contributed by atoms with Crippen LogP contribution in [0, 0.1) is 22.4 Å². The Hall–Kier alpha value is -1.71. The van der Waals surface area contributed by atoms with Crippen LogP contribution in [0.1, 0.15) is 30.5 Å². The van der Waals surface area contributed by atoms with Crippen LogP contribution in [0.4, 0.5) is 5.69 Å². The van der Waals surface area contributed by atoms with Crippen LogP contribution in [0.25, 0.3) is 0 Å². The molecular weight excluding hydrogens is 192 g/mol. The molecule has 15 heavy (non-hydrogen) atoms. The van der Waals surface area contributed by atoms with Crippen LogP contribution < -0.4 is 0 Å². The third-order valence-corrected chi connectivity index (χ3v) is 2.48. The summed E-state index contributed by atoms with van der Waals surface area (Å²) in [5.74, 6) is 0. The Bertz CT molecular complexity index is 425. The molecule has 0 spiro atoms. The van der Waals surface area contributed by atoms with Gasteiger partial charge >= 0.3 is 0 Å². The highest BCUT2D eigenvalue weighted by Gasteiger charge is 2.17. The Morgan fingerprint density at radius 3 is 2.53 bits per heavy atom. The Morgan fingerprint density at radius 2 is 2.13 bits per heavy atom. The molecule has 80 valence electrons. The van der Waals surface area contributed by atoms with E-state index in [1.165, 1.54) is 6.07 Å². The lowest BCUT2D eigenvalue weighted by Crippen LogP contribution is -2.05. The van der Waals surface area contributed by atoms with Gasteiger partial charge in [0.2, 0.25) is 0 Å². The number of hydrogen-bond donors (Lipinski definition) is 1. The molecular formula is C11H14N2O2. The number of nitrogens with zero attached hydrogens (tertiary/aromatic N) is 1. The van der Waals surface area contributed by atoms with E-state index in [-0.39, 0.29) is 5.69 Å². The number of nitrogens with one attached hydrogen (secondary N) is 1. The molecule has 0 atom stereocenters. The molecule has 0 radical (unpaired) electrons. The largest absolute Gasteiger partial charge is 0.305 e. The molecule has 0 amide bonds. The smallest absolute Gasteiger partial charge is 0.272 e. The summed E-state index contributed by atoms with van der Waals surface area (Å²) < 4.78 is 0. The lowest BCUT2D eigenvalue weighted by molar-refractivity contribution is -0.385. The Labute approximate surface area is 88.6 Å². The highest BCUT2D eigenvalue weighted by molar-refractivity contribution is 5.99. The van der Waals surface area contributed by atoms with Gasteiger partial charge in [0.15, 0.2) is 0 Å². The lowest BCUT2D eigenvalue weighted by Gasteiger charge is -2.10. The number of aryl methyl sites for hydroxylation is 1. The van der Waals surface area contributed by atoms with Gasteiger partial charge in [-0.15, -0.1) is 0 Å². The zero-order chi connectivity index (χ0) is 11.6. The average molecular weight is 206 g/mol. The summed E-state index contributed by atoms with van der Waals surface area (Å²) in [5.41, 5.74) is 2.77. The highest BCUT2D eigenvalue weighted by Crippen LogP contribution is 2.25. The summed E-state index contributed by atoms with van der Waals surface area (Å²) in [4.78, 5) is 10.3. The molecule has 0 saturated heterocycles. The van der Waals surface area contributed by atoms with Crippen molar-refractivity contribution in [3.63, 3.8) is 0 Å². The van der Waals surface area contributed by atoms with Crippen molar-refractivity contribution in [3.8, 4) is 0 Å². The fourth-order valence-corrected chi connectivity index (χ4v) is 1.77. The van der Waals surface area contributed by atoms with Gasteiger partial charge in [-0.25, -0.2) is 0 Å². The lowest BCUT2D eigenvalue weighted by atomic mass is 9.95. The molecule has 0 bridgehead atoms. The van der Waals surface area contributed by atoms with Crippen LogP contribution in [0.2, 0.25) is 0 Å². The second kappa shape index (κ2) is 4.21. The average Bonchev–Trinajstić information content (AvgIpc) is 2.15. The zero-order valence-electron chi connectivity index (χ0n) is 9.13. The van der Waals surface area contributed by atoms with Gasteiger partial charge in [-0.3, -0.25) is 10.1 Å². The quantitative estimate of drug-likeness (QED) is 0.469. The predicted molar refractivity (Wildman–Crippen MR) is 59.7 cm³/mol. The first kappa shape index (κ1) is 11.4. The van der Waals surface area contributed by atoms with Crippen LogP contribution >= 0.6 is 0 Å². The van der Waals surface area contributed by atoms with Gasteiger partial charge in [0.25, 0.3) is 5.69 Å². The first-order valence-corrected chi connectivity index (χ1v) is 4.81. The summed E-state index contributed by atoms with van der Waals surface area (Å²) in [5, 5.41) is 18.4. The van der Waals surface area contributed by atoms with Crippen molar-refractivity contribution in [2.45, 2.75) is 27.2 Å². The van der Waals surface area contributed by atoms with Crippen LogP contribution in [-0.4, -0.2) is 10.6 Å². The fraction of sp³-hybridized carbons (Fsp3) is 0.364. The molecule has 0 fully saturated rings. The number of nitro groups is 1. The third-order valence-electron chi connectivity index (χ3n) is 2.48. The highest BCUT2D eigenvalue weighted by atomic mass is 16.6. The molecule has 0 aromatic heterocycles. The van der Waals surface area contributed by atoms with Crippen LogP contribution in [0.3, 0.4) is 0 Å². The van der Waals surface area contributed by atoms with E-state index in [0.29, 0.717) is 16.8 Å². The van der Waals surface area contributed by atoms with E-state index in [1.807, 2.05) is 6.92 Å². The van der Waals surface area contributed by atoms with Crippen molar-refractivity contribution in [2.75, 3.05) is 0 Å². The van der Waals surface area contributed by atoms with E-state index in [4.69, 9.17) is 5.41 Å². The minimum atomic E-state index is -0.402. The van der Waals surface area contributed by atoms with E-state index in [0.717, 1.165) is 12.0 Å². The number of benzene rings is 1. The second-order valence-electron chi connectivity index (χ2n) is 3.48. The first-order valence-electron chi connectivity index (χ1n) is 4.81. The minimum Gasteiger partial charge on any atom is -0.305 e. The molecule has 1 N–H and O–H groups in total. The van der Waals surface area contributed by atoms with E-state index >= 15 is 0 Å². The molecule has 1 aromatic carbocycles. The summed E-state index contributed by atoms with van der Waals surface area (Å²) in [6.07, 6.45) is 0.782. The third kappa shape index (κ3) is 2.03. The van der Waals surface area contributed by atoms with Crippen molar-refractivity contribution < 1.29 is 4.92 Å². The maximum Gasteiger partial charge on any atom is 0.272 e. The normalized spacial score (nSPS) is 10.1. The number of rotatable bonds is 3. The topological polar surface area (TPSA) is 67.0 Å². The summed E-state index contributed by atoms with van der Waals surface area (Å²) in [6, 6.07) is 3.25. The van der Waals surface area contributed by atoms with Crippen molar-refractivity contribution in [3.05, 3.63) is 38.9 Å². The van der Waals surface area contributed by atoms with E-state index in [2.05, 4.69) is 0 Å². The number of hydrogen-bond acceptors (Lipinski definition) is 3. The summed E-state index contributed by atoms with van der Waals surface area (Å²) >= 11 is 0. The van der Waals surface area contributed by atoms with Gasteiger partial charge in [-0.1, -0.05) is 13.0 Å². The molecule has 0 saturated carbocycles. The van der Waals surface area contributed by atoms with Gasteiger partial charge in [-0.05, 0) is 25.8 Å². The molecule has 0 aliphatic carbocycles. The monoisotopic (exact) mass is 206 g/mol. The van der Waals surface area contributed by atoms with Crippen molar-refractivity contribution in [2.24, 2.45) is 0 Å². The molecule has 1 aromatic rings. The first-order chi connectivity index (χ1) is 6.99. The van der Waals surface area contributed by atoms with Crippen LogP contribution in [-0.2, 0) is 6.42 Å². The van der Waals surface area contributed by atoms with E-state index in [9.17, 15) is 10.1 Å². The summed E-state index contributed by atoms with van der Waals surface area (Å²) in [6.45, 7) is 5.34. The van der Waals surface area contributed by atoms with E-state index < -0.39 is 4.92 Å². The number of nitro benzene ring substituents is 1. The molecule has 0 heterocycles. The van der Waals surface area contributed by atoms with Crippen LogP contribution in [0.15, 0.2) is 12.1 Å². The van der Waals surface area contributed by atoms with Crippen molar-refractivity contribution >= 4 is 11.4 Å². The Morgan fingerprint density at radius 1 is 1.53 bits per heavy atom. The SMILES string of the molecule is CCc1ccc([N+](=O)[O-])c(C)c1C(C)=N. The van der Waals surface area contributed by atoms with Gasteiger partial charge in [0, 0.05) is 22.9 Å². The fourth-order valence-electron chi connectivity index (χ4n) is 1.77. The predicted octanol–water partition coefficient (Wildman–Crippen LogP) is 2.85. The van der Waals surface area contributed by atoms with Crippen molar-refractivity contribution in [1.29, 1.82) is 5.41 Å². The Balaban J connectivity index is 3.49. The maximum absolute atomic E-state index is 10.7. The molecule has 4 nitrogen and oxygen atoms in total. The van der Waals surface area contributed by atoms with Crippen LogP contribution in [0.5, 0.6) is 0 Å². The maximum atomic E-state index is 10.7. The van der Waals surface area contributed by atoms with Gasteiger partial charge in [-0.2, -0.15) is 0 Å². The van der Waals surface area contributed by atoms with Gasteiger partial charge < -0.3 is 5.41 Å². The van der Waals surface area contributed by atoms with Crippen molar-refractivity contribution in [1.82, 2.24) is 0 Å². The second-order valence-corrected chi connectivity index (χ2v) is 3.48. The summed E-state index contributed by atoms with van der Waals surface area (Å²) in [7, 11) is 0. The van der Waals surface area contributed by atoms with E-state index in [1.54, 1.807) is 19.9 Å². The molecule has 0 unspecified atom stereocenters. The standard InChI is InChI=1S/C11H14N2O2/c1-4-9-5-6-10(13(14)15)7(2)11(9)8(3)12/h5-6,12H,4H2,1-3H3. The molecule has 0 aliphatic heterocycles. The molecule has 4 heteroatoms. The van der Waals surface area contributed by atoms with Gasteiger partial charge in [0.05, 0.1) is 4.92 Å². The molecule has 1 rings (SSSR count). The van der Waals surface area contributed by atoms with Gasteiger partial charge in [0.1, 0.15) is 0 Å².